The summed E-state index contributed by atoms with van der Waals surface area (Å²) in [4.78, 5) is 0. The summed E-state index contributed by atoms with van der Waals surface area (Å²) in [5, 5.41) is 12.1. The predicted octanol–water partition coefficient (Wildman–Crippen LogP) is 5.28. The number of phenolic OH excluding ortho intramolecular Hbond substituents is 1. The van der Waals surface area contributed by atoms with Crippen LogP contribution in [0, 0.1) is 12.8 Å². The first kappa shape index (κ1) is 14.6. The maximum Gasteiger partial charge on any atom is 0.115 e. The van der Waals surface area contributed by atoms with Gasteiger partial charge in [-0.1, -0.05) is 55.5 Å². The first-order chi connectivity index (χ1) is 10.6. The maximum atomic E-state index is 9.37. The van der Waals surface area contributed by atoms with E-state index in [4.69, 9.17) is 0 Å². The Hall–Kier alpha value is -2.28. The molecule has 0 saturated heterocycles. The van der Waals surface area contributed by atoms with Crippen molar-refractivity contribution in [2.24, 2.45) is 5.92 Å². The molecule has 0 aliphatic heterocycles. The fraction of sp³-hybridized carbons (Fsp3) is 0.238. The first-order valence-electron chi connectivity index (χ1n) is 7.88. The standard InChI is InChI=1S/C21H22O/c1-15(13-17-8-11-19(22)12-9-17)14-18-10-7-16(2)20-5-3-4-6-21(18)20/h3-12,15,22H,13-14H2,1-2H3. The van der Waals surface area contributed by atoms with E-state index in [2.05, 4.69) is 50.2 Å². The van der Waals surface area contributed by atoms with Crippen LogP contribution < -0.4 is 0 Å². The van der Waals surface area contributed by atoms with Gasteiger partial charge in [-0.2, -0.15) is 0 Å². The van der Waals surface area contributed by atoms with Crippen LogP contribution in [-0.4, -0.2) is 5.11 Å². The van der Waals surface area contributed by atoms with Crippen molar-refractivity contribution in [2.45, 2.75) is 26.7 Å². The van der Waals surface area contributed by atoms with Crippen LogP contribution in [0.3, 0.4) is 0 Å². The predicted molar refractivity (Wildman–Crippen MR) is 93.4 cm³/mol. The SMILES string of the molecule is Cc1ccc(CC(C)Cc2ccc(O)cc2)c2ccccc12. The van der Waals surface area contributed by atoms with Crippen LogP contribution in [0.1, 0.15) is 23.6 Å². The lowest BCUT2D eigenvalue weighted by Gasteiger charge is -2.15. The molecule has 0 bridgehead atoms. The van der Waals surface area contributed by atoms with Gasteiger partial charge in [-0.3, -0.25) is 0 Å². The molecule has 1 atom stereocenters. The Morgan fingerprint density at radius 2 is 1.50 bits per heavy atom. The summed E-state index contributed by atoms with van der Waals surface area (Å²) in [5.41, 5.74) is 4.04. The smallest absolute Gasteiger partial charge is 0.115 e. The van der Waals surface area contributed by atoms with Gasteiger partial charge >= 0.3 is 0 Å². The van der Waals surface area contributed by atoms with Gasteiger partial charge in [0.1, 0.15) is 5.75 Å². The zero-order valence-electron chi connectivity index (χ0n) is 13.2. The minimum absolute atomic E-state index is 0.334. The van der Waals surface area contributed by atoms with E-state index in [1.807, 2.05) is 12.1 Å². The Morgan fingerprint density at radius 1 is 0.818 bits per heavy atom. The van der Waals surface area contributed by atoms with E-state index in [1.54, 1.807) is 12.1 Å². The summed E-state index contributed by atoms with van der Waals surface area (Å²) >= 11 is 0. The fourth-order valence-corrected chi connectivity index (χ4v) is 3.17. The Kier molecular flexibility index (Phi) is 4.15. The Morgan fingerprint density at radius 3 is 2.23 bits per heavy atom. The minimum atomic E-state index is 0.334. The maximum absolute atomic E-state index is 9.37. The summed E-state index contributed by atoms with van der Waals surface area (Å²) < 4.78 is 0. The molecule has 0 aromatic heterocycles. The largest absolute Gasteiger partial charge is 0.508 e. The Balaban J connectivity index is 1.81. The highest BCUT2D eigenvalue weighted by atomic mass is 16.3. The van der Waals surface area contributed by atoms with Crippen molar-refractivity contribution in [3.05, 3.63) is 77.4 Å². The minimum Gasteiger partial charge on any atom is -0.508 e. The highest BCUT2D eigenvalue weighted by Gasteiger charge is 2.09. The van der Waals surface area contributed by atoms with Crippen LogP contribution in [0.4, 0.5) is 0 Å². The molecule has 0 radical (unpaired) electrons. The molecule has 0 saturated carbocycles. The third-order valence-corrected chi connectivity index (χ3v) is 4.32. The lowest BCUT2D eigenvalue weighted by Crippen LogP contribution is -2.04. The molecule has 3 rings (SSSR count). The lowest BCUT2D eigenvalue weighted by atomic mass is 9.90. The van der Waals surface area contributed by atoms with Gasteiger partial charge in [0.15, 0.2) is 0 Å². The molecule has 22 heavy (non-hydrogen) atoms. The highest BCUT2D eigenvalue weighted by molar-refractivity contribution is 5.88. The van der Waals surface area contributed by atoms with Crippen LogP contribution in [-0.2, 0) is 12.8 Å². The van der Waals surface area contributed by atoms with Crippen LogP contribution >= 0.6 is 0 Å². The summed E-state index contributed by atoms with van der Waals surface area (Å²) in [5.74, 6) is 0.900. The van der Waals surface area contributed by atoms with Gasteiger partial charge < -0.3 is 5.11 Å². The highest BCUT2D eigenvalue weighted by Crippen LogP contribution is 2.25. The number of hydrogen-bond acceptors (Lipinski definition) is 1. The average Bonchev–Trinajstić information content (AvgIpc) is 2.53. The molecule has 0 aliphatic rings. The molecule has 0 spiro atoms. The third-order valence-electron chi connectivity index (χ3n) is 4.32. The molecule has 0 heterocycles. The second-order valence-electron chi connectivity index (χ2n) is 6.27. The fourth-order valence-electron chi connectivity index (χ4n) is 3.17. The van der Waals surface area contributed by atoms with Crippen LogP contribution in [0.25, 0.3) is 10.8 Å². The number of fused-ring (bicyclic) bond motifs is 1. The van der Waals surface area contributed by atoms with Gasteiger partial charge in [0, 0.05) is 0 Å². The number of aryl methyl sites for hydroxylation is 1. The molecule has 0 fully saturated rings. The van der Waals surface area contributed by atoms with Crippen LogP contribution in [0.5, 0.6) is 5.75 Å². The molecule has 1 heteroatoms. The van der Waals surface area contributed by atoms with E-state index in [0.717, 1.165) is 12.8 Å². The molecule has 112 valence electrons. The third kappa shape index (κ3) is 3.14. The van der Waals surface area contributed by atoms with Crippen molar-refractivity contribution < 1.29 is 5.11 Å². The number of hydrogen-bond donors (Lipinski definition) is 1. The van der Waals surface area contributed by atoms with Gasteiger partial charge in [-0.05, 0) is 65.3 Å². The van der Waals surface area contributed by atoms with Gasteiger partial charge in [0.25, 0.3) is 0 Å². The number of phenols is 1. The summed E-state index contributed by atoms with van der Waals surface area (Å²) in [6.07, 6.45) is 2.10. The molecule has 1 unspecified atom stereocenters. The number of benzene rings is 3. The average molecular weight is 290 g/mol. The molecule has 3 aromatic rings. The second kappa shape index (κ2) is 6.23. The van der Waals surface area contributed by atoms with Gasteiger partial charge in [-0.25, -0.2) is 0 Å². The molecule has 3 aromatic carbocycles. The van der Waals surface area contributed by atoms with Crippen molar-refractivity contribution in [2.75, 3.05) is 0 Å². The summed E-state index contributed by atoms with van der Waals surface area (Å²) in [6, 6.07) is 20.7. The van der Waals surface area contributed by atoms with Crippen molar-refractivity contribution in [1.29, 1.82) is 0 Å². The van der Waals surface area contributed by atoms with Gasteiger partial charge in [-0.15, -0.1) is 0 Å². The molecule has 0 aliphatic carbocycles. The monoisotopic (exact) mass is 290 g/mol. The molecular weight excluding hydrogens is 268 g/mol. The number of rotatable bonds is 4. The van der Waals surface area contributed by atoms with Crippen molar-refractivity contribution >= 4 is 10.8 Å². The molecule has 1 N–H and O–H groups in total. The Bertz CT molecular complexity index is 772. The van der Waals surface area contributed by atoms with E-state index in [9.17, 15) is 5.11 Å². The van der Waals surface area contributed by atoms with Crippen molar-refractivity contribution in [3.8, 4) is 5.75 Å². The zero-order valence-corrected chi connectivity index (χ0v) is 13.2. The normalized spacial score (nSPS) is 12.5. The summed E-state index contributed by atoms with van der Waals surface area (Å²) in [7, 11) is 0. The second-order valence-corrected chi connectivity index (χ2v) is 6.27. The van der Waals surface area contributed by atoms with Gasteiger partial charge in [0.05, 0.1) is 0 Å². The topological polar surface area (TPSA) is 20.2 Å². The van der Waals surface area contributed by atoms with Crippen molar-refractivity contribution in [3.63, 3.8) is 0 Å². The van der Waals surface area contributed by atoms with E-state index in [-0.39, 0.29) is 0 Å². The quantitative estimate of drug-likeness (QED) is 0.693. The molecule has 1 nitrogen and oxygen atoms in total. The Labute approximate surface area is 132 Å². The van der Waals surface area contributed by atoms with Crippen molar-refractivity contribution in [1.82, 2.24) is 0 Å². The molecule has 0 amide bonds. The van der Waals surface area contributed by atoms with E-state index in [0.29, 0.717) is 11.7 Å². The van der Waals surface area contributed by atoms with Gasteiger partial charge in [0.2, 0.25) is 0 Å². The lowest BCUT2D eigenvalue weighted by molar-refractivity contribution is 0.474. The first-order valence-corrected chi connectivity index (χ1v) is 7.88. The van der Waals surface area contributed by atoms with E-state index < -0.39 is 0 Å². The van der Waals surface area contributed by atoms with Crippen LogP contribution in [0.2, 0.25) is 0 Å². The van der Waals surface area contributed by atoms with Crippen LogP contribution in [0.15, 0.2) is 60.7 Å². The van der Waals surface area contributed by atoms with E-state index in [1.165, 1.54) is 27.5 Å². The van der Waals surface area contributed by atoms with E-state index >= 15 is 0 Å². The molecular formula is C21H22O. The number of aromatic hydroxyl groups is 1. The summed E-state index contributed by atoms with van der Waals surface area (Å²) in [6.45, 7) is 4.47. The zero-order chi connectivity index (χ0) is 15.5.